The first kappa shape index (κ1) is 14.1. The molecule has 1 aromatic heterocycles. The zero-order valence-electron chi connectivity index (χ0n) is 10.8. The van der Waals surface area contributed by atoms with Crippen molar-refractivity contribution in [2.75, 3.05) is 7.05 Å². The van der Waals surface area contributed by atoms with Gasteiger partial charge in [0.15, 0.2) is 0 Å². The van der Waals surface area contributed by atoms with E-state index < -0.39 is 0 Å². The molecule has 0 aliphatic rings. The Balaban J connectivity index is 2.46. The largest absolute Gasteiger partial charge is 0.339 e. The molecule has 0 saturated heterocycles. The van der Waals surface area contributed by atoms with Crippen LogP contribution in [0.5, 0.6) is 0 Å². The summed E-state index contributed by atoms with van der Waals surface area (Å²) in [5.41, 5.74) is 5.86. The number of amides is 1. The van der Waals surface area contributed by atoms with E-state index in [2.05, 4.69) is 11.9 Å². The summed E-state index contributed by atoms with van der Waals surface area (Å²) >= 11 is 1.62. The number of carbonyl (C=O) groups is 1. The second kappa shape index (κ2) is 6.71. The van der Waals surface area contributed by atoms with Crippen molar-refractivity contribution < 1.29 is 4.79 Å². The molecule has 0 aromatic carbocycles. The van der Waals surface area contributed by atoms with Crippen LogP contribution in [0.1, 0.15) is 36.1 Å². The molecule has 17 heavy (non-hydrogen) atoms. The van der Waals surface area contributed by atoms with Gasteiger partial charge in [0.05, 0.1) is 17.6 Å². The standard InChI is InChI=1S/C12H21N3OS/c1-4-5-6-11(13)12(16)15(3)8-10-7-14-9(2)17-10/h7,11H,4-6,8,13H2,1-3H3. The van der Waals surface area contributed by atoms with Crippen LogP contribution in [0.4, 0.5) is 0 Å². The number of rotatable bonds is 6. The van der Waals surface area contributed by atoms with Crippen molar-refractivity contribution in [1.82, 2.24) is 9.88 Å². The lowest BCUT2D eigenvalue weighted by Crippen LogP contribution is -2.41. The van der Waals surface area contributed by atoms with Crippen molar-refractivity contribution in [3.63, 3.8) is 0 Å². The van der Waals surface area contributed by atoms with Crippen molar-refractivity contribution in [3.8, 4) is 0 Å². The van der Waals surface area contributed by atoms with Gasteiger partial charge in [-0.15, -0.1) is 11.3 Å². The molecule has 1 unspecified atom stereocenters. The number of aromatic nitrogens is 1. The number of hydrogen-bond acceptors (Lipinski definition) is 4. The van der Waals surface area contributed by atoms with E-state index >= 15 is 0 Å². The van der Waals surface area contributed by atoms with Gasteiger partial charge in [-0.3, -0.25) is 4.79 Å². The zero-order valence-corrected chi connectivity index (χ0v) is 11.6. The summed E-state index contributed by atoms with van der Waals surface area (Å²) in [5.74, 6) is 0.0181. The maximum absolute atomic E-state index is 11.9. The molecule has 96 valence electrons. The van der Waals surface area contributed by atoms with E-state index in [0.29, 0.717) is 6.54 Å². The highest BCUT2D eigenvalue weighted by Gasteiger charge is 2.17. The molecule has 0 bridgehead atoms. The highest BCUT2D eigenvalue weighted by Crippen LogP contribution is 2.14. The van der Waals surface area contributed by atoms with Gasteiger partial charge >= 0.3 is 0 Å². The first-order chi connectivity index (χ1) is 8.04. The predicted octanol–water partition coefficient (Wildman–Crippen LogP) is 1.93. The summed E-state index contributed by atoms with van der Waals surface area (Å²) in [4.78, 5) is 18.9. The molecule has 0 aliphatic carbocycles. The third-order valence-electron chi connectivity index (χ3n) is 2.62. The smallest absolute Gasteiger partial charge is 0.239 e. The van der Waals surface area contributed by atoms with Crippen molar-refractivity contribution >= 4 is 17.2 Å². The predicted molar refractivity (Wildman–Crippen MR) is 70.8 cm³/mol. The molecule has 0 saturated carbocycles. The minimum Gasteiger partial charge on any atom is -0.339 e. The Morgan fingerprint density at radius 1 is 1.65 bits per heavy atom. The number of nitrogens with two attached hydrogens (primary N) is 1. The topological polar surface area (TPSA) is 59.2 Å². The van der Waals surface area contributed by atoms with Crippen LogP contribution in [0, 0.1) is 6.92 Å². The highest BCUT2D eigenvalue weighted by molar-refractivity contribution is 7.11. The Morgan fingerprint density at radius 2 is 2.35 bits per heavy atom. The first-order valence-electron chi connectivity index (χ1n) is 5.96. The molecule has 1 rings (SSSR count). The number of unbranched alkanes of at least 4 members (excludes halogenated alkanes) is 1. The van der Waals surface area contributed by atoms with Crippen LogP contribution in [0.3, 0.4) is 0 Å². The number of nitrogens with zero attached hydrogens (tertiary/aromatic N) is 2. The SMILES string of the molecule is CCCCC(N)C(=O)N(C)Cc1cnc(C)s1. The van der Waals surface area contributed by atoms with Crippen molar-refractivity contribution in [3.05, 3.63) is 16.1 Å². The quantitative estimate of drug-likeness (QED) is 0.845. The molecule has 1 amide bonds. The van der Waals surface area contributed by atoms with Crippen molar-refractivity contribution in [2.24, 2.45) is 5.73 Å². The van der Waals surface area contributed by atoms with Gasteiger partial charge in [-0.1, -0.05) is 19.8 Å². The number of carbonyl (C=O) groups excluding carboxylic acids is 1. The van der Waals surface area contributed by atoms with Crippen molar-refractivity contribution in [2.45, 2.75) is 45.7 Å². The van der Waals surface area contributed by atoms with Crippen LogP contribution in [0.25, 0.3) is 0 Å². The Bertz CT molecular complexity index is 364. The summed E-state index contributed by atoms with van der Waals surface area (Å²) in [6, 6.07) is -0.367. The van der Waals surface area contributed by atoms with Gasteiger partial charge in [0.2, 0.25) is 5.91 Å². The van der Waals surface area contributed by atoms with Gasteiger partial charge in [0.25, 0.3) is 0 Å². The fourth-order valence-electron chi connectivity index (χ4n) is 1.62. The second-order valence-corrected chi connectivity index (χ2v) is 5.61. The minimum atomic E-state index is -0.367. The van der Waals surface area contributed by atoms with E-state index in [1.807, 2.05) is 13.1 Å². The summed E-state index contributed by atoms with van der Waals surface area (Å²) in [6.45, 7) is 4.66. The fraction of sp³-hybridized carbons (Fsp3) is 0.667. The van der Waals surface area contributed by atoms with Crippen LogP contribution in [0.15, 0.2) is 6.20 Å². The molecule has 0 spiro atoms. The average Bonchev–Trinajstić information content (AvgIpc) is 2.70. The van der Waals surface area contributed by atoms with E-state index in [9.17, 15) is 4.79 Å². The Morgan fingerprint density at radius 3 is 2.88 bits per heavy atom. The molecule has 0 aliphatic heterocycles. The van der Waals surface area contributed by atoms with Gasteiger partial charge in [0, 0.05) is 18.1 Å². The van der Waals surface area contributed by atoms with Crippen LogP contribution in [-0.4, -0.2) is 28.9 Å². The molecular weight excluding hydrogens is 234 g/mol. The monoisotopic (exact) mass is 255 g/mol. The van der Waals surface area contributed by atoms with E-state index in [1.165, 1.54) is 0 Å². The number of hydrogen-bond donors (Lipinski definition) is 1. The highest BCUT2D eigenvalue weighted by atomic mass is 32.1. The lowest BCUT2D eigenvalue weighted by atomic mass is 10.1. The van der Waals surface area contributed by atoms with Gasteiger partial charge in [0.1, 0.15) is 0 Å². The molecule has 1 heterocycles. The molecule has 1 atom stereocenters. The number of likely N-dealkylation sites (N-methyl/N-ethyl adjacent to an activating group) is 1. The van der Waals surface area contributed by atoms with Gasteiger partial charge in [-0.05, 0) is 13.3 Å². The van der Waals surface area contributed by atoms with Gasteiger partial charge < -0.3 is 10.6 Å². The van der Waals surface area contributed by atoms with E-state index in [1.54, 1.807) is 23.3 Å². The fourth-order valence-corrected chi connectivity index (χ4v) is 2.47. The molecule has 5 heteroatoms. The maximum Gasteiger partial charge on any atom is 0.239 e. The molecular formula is C12H21N3OS. The lowest BCUT2D eigenvalue weighted by Gasteiger charge is -2.20. The summed E-state index contributed by atoms with van der Waals surface area (Å²) in [7, 11) is 1.79. The zero-order chi connectivity index (χ0) is 12.8. The van der Waals surface area contributed by atoms with E-state index in [4.69, 9.17) is 5.73 Å². The Labute approximate surface area is 107 Å². The van der Waals surface area contributed by atoms with Crippen LogP contribution < -0.4 is 5.73 Å². The lowest BCUT2D eigenvalue weighted by molar-refractivity contribution is -0.131. The number of thiazole rings is 1. The summed E-state index contributed by atoms with van der Waals surface area (Å²) in [5, 5.41) is 1.02. The minimum absolute atomic E-state index is 0.0181. The van der Waals surface area contributed by atoms with E-state index in [-0.39, 0.29) is 11.9 Å². The molecule has 0 fully saturated rings. The molecule has 4 nitrogen and oxygen atoms in total. The van der Waals surface area contributed by atoms with Crippen molar-refractivity contribution in [1.29, 1.82) is 0 Å². The maximum atomic E-state index is 11.9. The van der Waals surface area contributed by atoms with E-state index in [0.717, 1.165) is 29.1 Å². The van der Waals surface area contributed by atoms with Crippen LogP contribution in [0.2, 0.25) is 0 Å². The first-order valence-corrected chi connectivity index (χ1v) is 6.78. The van der Waals surface area contributed by atoms with Crippen LogP contribution in [-0.2, 0) is 11.3 Å². The number of aryl methyl sites for hydroxylation is 1. The average molecular weight is 255 g/mol. The third kappa shape index (κ3) is 4.44. The summed E-state index contributed by atoms with van der Waals surface area (Å²) in [6.07, 6.45) is 4.65. The van der Waals surface area contributed by atoms with Crippen LogP contribution >= 0.6 is 11.3 Å². The third-order valence-corrected chi connectivity index (χ3v) is 3.52. The summed E-state index contributed by atoms with van der Waals surface area (Å²) < 4.78 is 0. The van der Waals surface area contributed by atoms with Gasteiger partial charge in [-0.2, -0.15) is 0 Å². The Kier molecular flexibility index (Phi) is 5.58. The Hall–Kier alpha value is -0.940. The molecule has 2 N–H and O–H groups in total. The normalized spacial score (nSPS) is 12.5. The molecule has 1 aromatic rings. The second-order valence-electron chi connectivity index (χ2n) is 4.29. The molecule has 0 radical (unpaired) electrons. The van der Waals surface area contributed by atoms with Gasteiger partial charge in [-0.25, -0.2) is 4.98 Å².